The fourth-order valence-electron chi connectivity index (χ4n) is 1.01. The Balaban J connectivity index is 4.61. The van der Waals surface area contributed by atoms with Crippen LogP contribution in [-0.4, -0.2) is 37.2 Å². The first-order valence-electron chi connectivity index (χ1n) is 5.61. The van der Waals surface area contributed by atoms with Crippen LogP contribution in [0.1, 0.15) is 27.2 Å². The molecule has 0 aliphatic rings. The van der Waals surface area contributed by atoms with Crippen LogP contribution >= 0.6 is 0 Å². The molecule has 0 saturated heterocycles. The average Bonchev–Trinajstić information content (AvgIpc) is 2.28. The molecule has 0 bridgehead atoms. The molecule has 0 fully saturated rings. The van der Waals surface area contributed by atoms with Crippen LogP contribution in [0.25, 0.3) is 0 Å². The first-order chi connectivity index (χ1) is 8.42. The Bertz CT molecular complexity index is 333. The third kappa shape index (κ3) is 6.03. The maximum Gasteiger partial charge on any atom is 0.348 e. The first kappa shape index (κ1) is 16.1. The summed E-state index contributed by atoms with van der Waals surface area (Å²) in [6, 6.07) is 0. The molecule has 18 heavy (non-hydrogen) atoms. The second-order valence-corrected chi connectivity index (χ2v) is 3.44. The first-order valence-corrected chi connectivity index (χ1v) is 5.61. The molecule has 1 atom stereocenters. The maximum absolute atomic E-state index is 11.5. The van der Waals surface area contributed by atoms with E-state index in [2.05, 4.69) is 11.3 Å². The largest absolute Gasteiger partial charge is 0.466 e. The van der Waals surface area contributed by atoms with E-state index in [4.69, 9.17) is 9.47 Å². The molecule has 0 aliphatic heterocycles. The van der Waals surface area contributed by atoms with Crippen molar-refractivity contribution in [3.8, 4) is 0 Å². The summed E-state index contributed by atoms with van der Waals surface area (Å²) in [4.78, 5) is 34.1. The van der Waals surface area contributed by atoms with E-state index >= 15 is 0 Å². The number of rotatable bonds is 7. The number of hydrogen-bond acceptors (Lipinski definition) is 6. The SMILES string of the molecule is C=C(C)C(=O)OC(CC(=O)OCC)C(=O)OCC. The summed E-state index contributed by atoms with van der Waals surface area (Å²) in [5.41, 5.74) is 0.133. The van der Waals surface area contributed by atoms with Gasteiger partial charge in [-0.15, -0.1) is 0 Å². The zero-order valence-corrected chi connectivity index (χ0v) is 10.9. The Kier molecular flexibility index (Phi) is 7.42. The number of esters is 3. The normalized spacial score (nSPS) is 11.3. The van der Waals surface area contributed by atoms with Crippen molar-refractivity contribution in [3.05, 3.63) is 12.2 Å². The Morgan fingerprint density at radius 3 is 2.11 bits per heavy atom. The molecule has 0 heterocycles. The van der Waals surface area contributed by atoms with E-state index in [1.165, 1.54) is 6.92 Å². The molecule has 0 amide bonds. The summed E-state index contributed by atoms with van der Waals surface area (Å²) in [6.07, 6.45) is -1.67. The number of carbonyl (C=O) groups excluding carboxylic acids is 3. The lowest BCUT2D eigenvalue weighted by Crippen LogP contribution is -2.32. The minimum atomic E-state index is -1.30. The van der Waals surface area contributed by atoms with Crippen LogP contribution in [0, 0.1) is 0 Å². The van der Waals surface area contributed by atoms with E-state index in [0.717, 1.165) is 0 Å². The standard InChI is InChI=1S/C12H18O6/c1-5-16-10(13)7-9(12(15)17-6-2)18-11(14)8(3)4/h9H,3,5-7H2,1-2,4H3. The van der Waals surface area contributed by atoms with Crippen molar-refractivity contribution >= 4 is 17.9 Å². The average molecular weight is 258 g/mol. The van der Waals surface area contributed by atoms with E-state index in [1.807, 2.05) is 0 Å². The van der Waals surface area contributed by atoms with Gasteiger partial charge in [-0.2, -0.15) is 0 Å². The summed E-state index contributed by atoms with van der Waals surface area (Å²) in [7, 11) is 0. The molecule has 6 heteroatoms. The Labute approximate surface area is 106 Å². The number of ether oxygens (including phenoxy) is 3. The minimum Gasteiger partial charge on any atom is -0.466 e. The molecular formula is C12H18O6. The Hall–Kier alpha value is -1.85. The molecule has 0 rings (SSSR count). The summed E-state index contributed by atoms with van der Waals surface area (Å²) in [5.74, 6) is -2.16. The molecule has 0 aromatic rings. The summed E-state index contributed by atoms with van der Waals surface area (Å²) in [5, 5.41) is 0. The van der Waals surface area contributed by atoms with Crippen LogP contribution in [0.15, 0.2) is 12.2 Å². The van der Waals surface area contributed by atoms with E-state index in [1.54, 1.807) is 13.8 Å². The lowest BCUT2D eigenvalue weighted by molar-refractivity contribution is -0.169. The molecule has 6 nitrogen and oxygen atoms in total. The van der Waals surface area contributed by atoms with Crippen molar-refractivity contribution in [3.63, 3.8) is 0 Å². The van der Waals surface area contributed by atoms with Crippen molar-refractivity contribution in [2.24, 2.45) is 0 Å². The van der Waals surface area contributed by atoms with Crippen LogP contribution in [0.5, 0.6) is 0 Å². The maximum atomic E-state index is 11.5. The molecule has 0 saturated carbocycles. The zero-order valence-electron chi connectivity index (χ0n) is 10.9. The van der Waals surface area contributed by atoms with Gasteiger partial charge in [0.25, 0.3) is 0 Å². The highest BCUT2D eigenvalue weighted by Crippen LogP contribution is 2.07. The van der Waals surface area contributed by atoms with Gasteiger partial charge in [0.15, 0.2) is 0 Å². The third-order valence-corrected chi connectivity index (χ3v) is 1.80. The van der Waals surface area contributed by atoms with Gasteiger partial charge in [0.2, 0.25) is 6.10 Å². The fraction of sp³-hybridized carbons (Fsp3) is 0.583. The van der Waals surface area contributed by atoms with Crippen molar-refractivity contribution in [2.45, 2.75) is 33.3 Å². The highest BCUT2D eigenvalue weighted by molar-refractivity contribution is 5.90. The molecule has 102 valence electrons. The van der Waals surface area contributed by atoms with Crippen molar-refractivity contribution in [1.82, 2.24) is 0 Å². The predicted octanol–water partition coefficient (Wildman–Crippen LogP) is 0.991. The molecular weight excluding hydrogens is 240 g/mol. The lowest BCUT2D eigenvalue weighted by atomic mass is 10.2. The summed E-state index contributed by atoms with van der Waals surface area (Å²) >= 11 is 0. The van der Waals surface area contributed by atoms with E-state index < -0.39 is 24.0 Å². The van der Waals surface area contributed by atoms with Gasteiger partial charge in [-0.05, 0) is 20.8 Å². The van der Waals surface area contributed by atoms with Crippen molar-refractivity contribution in [2.75, 3.05) is 13.2 Å². The van der Waals surface area contributed by atoms with E-state index in [0.29, 0.717) is 0 Å². The quantitative estimate of drug-likeness (QED) is 0.385. The summed E-state index contributed by atoms with van der Waals surface area (Å²) < 4.78 is 14.2. The smallest absolute Gasteiger partial charge is 0.348 e. The van der Waals surface area contributed by atoms with Gasteiger partial charge >= 0.3 is 17.9 Å². The minimum absolute atomic E-state index is 0.128. The molecule has 1 unspecified atom stereocenters. The fourth-order valence-corrected chi connectivity index (χ4v) is 1.01. The summed E-state index contributed by atoms with van der Waals surface area (Å²) in [6.45, 7) is 8.38. The molecule has 0 radical (unpaired) electrons. The molecule has 0 N–H and O–H groups in total. The van der Waals surface area contributed by atoms with Gasteiger partial charge in [-0.25, -0.2) is 9.59 Å². The van der Waals surface area contributed by atoms with Gasteiger partial charge in [-0.1, -0.05) is 6.58 Å². The Morgan fingerprint density at radius 1 is 1.11 bits per heavy atom. The van der Waals surface area contributed by atoms with Gasteiger partial charge in [0.1, 0.15) is 0 Å². The van der Waals surface area contributed by atoms with E-state index in [9.17, 15) is 14.4 Å². The van der Waals surface area contributed by atoms with Gasteiger partial charge in [0.05, 0.1) is 19.6 Å². The van der Waals surface area contributed by atoms with Crippen LogP contribution in [0.2, 0.25) is 0 Å². The van der Waals surface area contributed by atoms with Crippen LogP contribution in [-0.2, 0) is 28.6 Å². The molecule has 0 spiro atoms. The van der Waals surface area contributed by atoms with Gasteiger partial charge < -0.3 is 14.2 Å². The Morgan fingerprint density at radius 2 is 1.67 bits per heavy atom. The molecule has 0 aromatic heterocycles. The number of carbonyl (C=O) groups is 3. The van der Waals surface area contributed by atoms with Crippen molar-refractivity contribution < 1.29 is 28.6 Å². The molecule has 0 aliphatic carbocycles. The number of hydrogen-bond donors (Lipinski definition) is 0. The third-order valence-electron chi connectivity index (χ3n) is 1.80. The van der Waals surface area contributed by atoms with Crippen LogP contribution < -0.4 is 0 Å². The predicted molar refractivity (Wildman–Crippen MR) is 62.6 cm³/mol. The lowest BCUT2D eigenvalue weighted by Gasteiger charge is -2.15. The van der Waals surface area contributed by atoms with Gasteiger partial charge in [-0.3, -0.25) is 4.79 Å². The second-order valence-electron chi connectivity index (χ2n) is 3.44. The second kappa shape index (κ2) is 8.27. The van der Waals surface area contributed by atoms with E-state index in [-0.39, 0.29) is 25.2 Å². The van der Waals surface area contributed by atoms with Crippen LogP contribution in [0.3, 0.4) is 0 Å². The zero-order chi connectivity index (χ0) is 14.1. The highest BCUT2D eigenvalue weighted by atomic mass is 16.6. The highest BCUT2D eigenvalue weighted by Gasteiger charge is 2.28. The van der Waals surface area contributed by atoms with Crippen molar-refractivity contribution in [1.29, 1.82) is 0 Å². The van der Waals surface area contributed by atoms with Gasteiger partial charge in [0, 0.05) is 5.57 Å². The molecule has 0 aromatic carbocycles. The monoisotopic (exact) mass is 258 g/mol. The van der Waals surface area contributed by atoms with Crippen LogP contribution in [0.4, 0.5) is 0 Å². The topological polar surface area (TPSA) is 78.9 Å².